The molecule has 2 N–H and O–H groups in total. The zero-order valence-electron chi connectivity index (χ0n) is 11.4. The Bertz CT molecular complexity index is 839. The second kappa shape index (κ2) is 5.49. The number of hydrogen-bond acceptors (Lipinski definition) is 5. The summed E-state index contributed by atoms with van der Waals surface area (Å²) in [6.07, 6.45) is 3.52. The number of aromatic nitrogens is 2. The van der Waals surface area contributed by atoms with Gasteiger partial charge in [-0.05, 0) is 18.2 Å². The first-order valence-corrected chi connectivity index (χ1v) is 7.11. The lowest BCUT2D eigenvalue weighted by Gasteiger charge is -2.07. The minimum absolute atomic E-state index is 0.0685. The van der Waals surface area contributed by atoms with Crippen molar-refractivity contribution in [2.45, 2.75) is 0 Å². The molecule has 7 nitrogen and oxygen atoms in total. The maximum Gasteiger partial charge on any atom is 0.339 e. The number of amides is 1. The van der Waals surface area contributed by atoms with E-state index >= 15 is 0 Å². The van der Waals surface area contributed by atoms with Crippen molar-refractivity contribution in [3.8, 4) is 5.75 Å². The standard InChI is InChI=1S/C14H11N3O4S/c1-21-10-3-2-8(6-9(10)13(19)20)12(18)15-11-7-17-4-5-22-14(17)16-11/h2-7H,1H3,(H,15,18)(H,19,20). The molecule has 112 valence electrons. The Morgan fingerprint density at radius 2 is 2.23 bits per heavy atom. The van der Waals surface area contributed by atoms with Crippen molar-refractivity contribution in [3.63, 3.8) is 0 Å². The largest absolute Gasteiger partial charge is 0.496 e. The number of benzene rings is 1. The quantitative estimate of drug-likeness (QED) is 0.770. The number of nitrogens with zero attached hydrogens (tertiary/aromatic N) is 2. The number of ether oxygens (including phenoxy) is 1. The van der Waals surface area contributed by atoms with Gasteiger partial charge >= 0.3 is 5.97 Å². The Hall–Kier alpha value is -2.87. The number of imidazole rings is 1. The Kier molecular flexibility index (Phi) is 3.51. The average molecular weight is 317 g/mol. The van der Waals surface area contributed by atoms with Gasteiger partial charge in [0.1, 0.15) is 11.3 Å². The van der Waals surface area contributed by atoms with Gasteiger partial charge in [0.15, 0.2) is 10.8 Å². The highest BCUT2D eigenvalue weighted by molar-refractivity contribution is 7.15. The molecule has 0 radical (unpaired) electrons. The number of carbonyl (C=O) groups excluding carboxylic acids is 1. The van der Waals surface area contributed by atoms with Crippen molar-refractivity contribution in [2.24, 2.45) is 0 Å². The van der Waals surface area contributed by atoms with Gasteiger partial charge in [0, 0.05) is 17.1 Å². The summed E-state index contributed by atoms with van der Waals surface area (Å²) in [5.41, 5.74) is 0.149. The second-order valence-electron chi connectivity index (χ2n) is 4.39. The zero-order chi connectivity index (χ0) is 15.7. The number of anilines is 1. The number of fused-ring (bicyclic) bond motifs is 1. The third-order valence-corrected chi connectivity index (χ3v) is 3.80. The number of carboxylic acids is 1. The molecule has 3 rings (SSSR count). The molecule has 2 aromatic heterocycles. The number of rotatable bonds is 4. The van der Waals surface area contributed by atoms with Crippen LogP contribution in [0.15, 0.2) is 36.0 Å². The van der Waals surface area contributed by atoms with Crippen LogP contribution in [0.25, 0.3) is 4.96 Å². The van der Waals surface area contributed by atoms with E-state index in [1.807, 2.05) is 11.6 Å². The summed E-state index contributed by atoms with van der Waals surface area (Å²) < 4.78 is 6.75. The van der Waals surface area contributed by atoms with Crippen LogP contribution in [-0.2, 0) is 0 Å². The van der Waals surface area contributed by atoms with Crippen LogP contribution in [0.4, 0.5) is 5.82 Å². The highest BCUT2D eigenvalue weighted by Gasteiger charge is 2.16. The SMILES string of the molecule is COc1ccc(C(=O)Nc2cn3ccsc3n2)cc1C(=O)O. The highest BCUT2D eigenvalue weighted by Crippen LogP contribution is 2.21. The summed E-state index contributed by atoms with van der Waals surface area (Å²) in [5.74, 6) is -0.985. The molecule has 0 fully saturated rings. The minimum Gasteiger partial charge on any atom is -0.496 e. The van der Waals surface area contributed by atoms with E-state index in [4.69, 9.17) is 9.84 Å². The third-order valence-electron chi connectivity index (χ3n) is 3.03. The molecular formula is C14H11N3O4S. The predicted octanol–water partition coefficient (Wildman–Crippen LogP) is 2.35. The lowest BCUT2D eigenvalue weighted by atomic mass is 10.1. The molecule has 2 heterocycles. The first-order chi connectivity index (χ1) is 10.6. The fraction of sp³-hybridized carbons (Fsp3) is 0.0714. The predicted molar refractivity (Wildman–Crippen MR) is 81.0 cm³/mol. The number of aromatic carboxylic acids is 1. The van der Waals surface area contributed by atoms with Gasteiger partial charge in [-0.1, -0.05) is 0 Å². The lowest BCUT2D eigenvalue weighted by molar-refractivity contribution is 0.0693. The van der Waals surface area contributed by atoms with Crippen molar-refractivity contribution in [1.29, 1.82) is 0 Å². The summed E-state index contributed by atoms with van der Waals surface area (Å²) in [6, 6.07) is 4.22. The maximum atomic E-state index is 12.2. The molecule has 1 amide bonds. The Morgan fingerprint density at radius 1 is 1.41 bits per heavy atom. The summed E-state index contributed by atoms with van der Waals surface area (Å²) in [6.45, 7) is 0. The lowest BCUT2D eigenvalue weighted by Crippen LogP contribution is -2.13. The van der Waals surface area contributed by atoms with Crippen LogP contribution in [0.3, 0.4) is 0 Å². The van der Waals surface area contributed by atoms with Crippen molar-refractivity contribution in [3.05, 3.63) is 47.1 Å². The van der Waals surface area contributed by atoms with Crippen LogP contribution in [0.2, 0.25) is 0 Å². The summed E-state index contributed by atoms with van der Waals surface area (Å²) >= 11 is 1.45. The Labute approximate surface area is 128 Å². The smallest absolute Gasteiger partial charge is 0.339 e. The Morgan fingerprint density at radius 3 is 2.91 bits per heavy atom. The minimum atomic E-state index is -1.16. The van der Waals surface area contributed by atoms with Crippen molar-refractivity contribution < 1.29 is 19.4 Å². The topological polar surface area (TPSA) is 92.9 Å². The highest BCUT2D eigenvalue weighted by atomic mass is 32.1. The van der Waals surface area contributed by atoms with Crippen LogP contribution in [0.1, 0.15) is 20.7 Å². The molecule has 0 bridgehead atoms. The number of carbonyl (C=O) groups is 2. The molecule has 22 heavy (non-hydrogen) atoms. The summed E-state index contributed by atoms with van der Waals surface area (Å²) in [5, 5.41) is 13.7. The van der Waals surface area contributed by atoms with E-state index < -0.39 is 11.9 Å². The fourth-order valence-corrected chi connectivity index (χ4v) is 2.69. The van der Waals surface area contributed by atoms with Gasteiger partial charge in [0.2, 0.25) is 0 Å². The van der Waals surface area contributed by atoms with Crippen molar-refractivity contribution in [2.75, 3.05) is 12.4 Å². The molecule has 0 aliphatic rings. The zero-order valence-corrected chi connectivity index (χ0v) is 12.3. The summed E-state index contributed by atoms with van der Waals surface area (Å²) in [7, 11) is 1.37. The number of carboxylic acid groups (broad SMARTS) is 1. The van der Waals surface area contributed by atoms with Crippen LogP contribution >= 0.6 is 11.3 Å². The van der Waals surface area contributed by atoms with Gasteiger partial charge in [-0.3, -0.25) is 9.20 Å². The molecule has 0 unspecified atom stereocenters. The third kappa shape index (κ3) is 2.51. The molecule has 8 heteroatoms. The molecule has 0 atom stereocenters. The van der Waals surface area contributed by atoms with Gasteiger partial charge in [-0.2, -0.15) is 0 Å². The van der Waals surface area contributed by atoms with E-state index in [1.165, 1.54) is 36.6 Å². The van der Waals surface area contributed by atoms with Gasteiger partial charge < -0.3 is 15.2 Å². The summed E-state index contributed by atoms with van der Waals surface area (Å²) in [4.78, 5) is 28.4. The first kappa shape index (κ1) is 14.1. The van der Waals surface area contributed by atoms with E-state index in [0.29, 0.717) is 5.82 Å². The van der Waals surface area contributed by atoms with Gasteiger partial charge in [0.25, 0.3) is 5.91 Å². The molecular weight excluding hydrogens is 306 g/mol. The van der Waals surface area contributed by atoms with E-state index in [1.54, 1.807) is 10.6 Å². The molecule has 0 aliphatic carbocycles. The van der Waals surface area contributed by atoms with Crippen LogP contribution in [0.5, 0.6) is 5.75 Å². The van der Waals surface area contributed by atoms with E-state index in [9.17, 15) is 9.59 Å². The number of thiazole rings is 1. The van der Waals surface area contributed by atoms with Gasteiger partial charge in [-0.25, -0.2) is 9.78 Å². The van der Waals surface area contributed by atoms with Crippen LogP contribution in [0, 0.1) is 0 Å². The van der Waals surface area contributed by atoms with Gasteiger partial charge in [0.05, 0.1) is 13.3 Å². The van der Waals surface area contributed by atoms with E-state index in [0.717, 1.165) is 4.96 Å². The average Bonchev–Trinajstić information content (AvgIpc) is 3.07. The monoisotopic (exact) mass is 317 g/mol. The van der Waals surface area contributed by atoms with Gasteiger partial charge in [-0.15, -0.1) is 11.3 Å². The molecule has 1 aromatic carbocycles. The normalized spacial score (nSPS) is 10.6. The van der Waals surface area contributed by atoms with Crippen LogP contribution < -0.4 is 10.1 Å². The number of hydrogen-bond donors (Lipinski definition) is 2. The fourth-order valence-electron chi connectivity index (χ4n) is 1.99. The maximum absolute atomic E-state index is 12.2. The van der Waals surface area contributed by atoms with Crippen LogP contribution in [-0.4, -0.2) is 33.5 Å². The molecule has 0 spiro atoms. The van der Waals surface area contributed by atoms with E-state index in [-0.39, 0.29) is 16.9 Å². The molecule has 0 aliphatic heterocycles. The van der Waals surface area contributed by atoms with E-state index in [2.05, 4.69) is 10.3 Å². The molecule has 0 saturated heterocycles. The Balaban J connectivity index is 1.86. The second-order valence-corrected chi connectivity index (χ2v) is 5.27. The number of nitrogens with one attached hydrogen (secondary N) is 1. The van der Waals surface area contributed by atoms with Crippen molar-refractivity contribution in [1.82, 2.24) is 9.38 Å². The molecule has 3 aromatic rings. The first-order valence-electron chi connectivity index (χ1n) is 6.23. The van der Waals surface area contributed by atoms with Crippen molar-refractivity contribution >= 4 is 34.0 Å². The number of methoxy groups -OCH3 is 1. The molecule has 0 saturated carbocycles.